The molecule has 0 saturated carbocycles. The molecule has 0 unspecified atom stereocenters. The SMILES string of the molecule is CCNc1ccc(C(=O)N2CCNC(=O)C2)cc1[N+](=O)[O-]. The van der Waals surface area contributed by atoms with Crippen molar-refractivity contribution in [2.45, 2.75) is 6.92 Å². The maximum atomic E-state index is 12.3. The second-order valence-corrected chi connectivity index (χ2v) is 4.60. The van der Waals surface area contributed by atoms with Gasteiger partial charge in [-0.15, -0.1) is 0 Å². The van der Waals surface area contributed by atoms with E-state index in [9.17, 15) is 19.7 Å². The highest BCUT2D eigenvalue weighted by Gasteiger charge is 2.24. The summed E-state index contributed by atoms with van der Waals surface area (Å²) in [4.78, 5) is 35.5. The Morgan fingerprint density at radius 3 is 2.90 bits per heavy atom. The van der Waals surface area contributed by atoms with Crippen LogP contribution in [0.4, 0.5) is 11.4 Å². The smallest absolute Gasteiger partial charge is 0.293 e. The van der Waals surface area contributed by atoms with E-state index in [4.69, 9.17) is 0 Å². The highest BCUT2D eigenvalue weighted by molar-refractivity contribution is 5.98. The number of nitrogens with one attached hydrogen (secondary N) is 2. The molecule has 2 amide bonds. The summed E-state index contributed by atoms with van der Waals surface area (Å²) in [7, 11) is 0. The van der Waals surface area contributed by atoms with E-state index in [0.29, 0.717) is 25.3 Å². The number of nitro groups is 1. The fourth-order valence-corrected chi connectivity index (χ4v) is 2.15. The molecule has 2 N–H and O–H groups in total. The predicted octanol–water partition coefficient (Wildman–Crippen LogP) is 0.599. The van der Waals surface area contributed by atoms with Crippen molar-refractivity contribution in [3.63, 3.8) is 0 Å². The van der Waals surface area contributed by atoms with Gasteiger partial charge in [0.2, 0.25) is 5.91 Å². The van der Waals surface area contributed by atoms with E-state index in [-0.39, 0.29) is 29.6 Å². The Labute approximate surface area is 121 Å². The third-order valence-electron chi connectivity index (χ3n) is 3.13. The topological polar surface area (TPSA) is 105 Å². The predicted molar refractivity (Wildman–Crippen MR) is 76.2 cm³/mol. The summed E-state index contributed by atoms with van der Waals surface area (Å²) in [5, 5.41) is 16.6. The number of carbonyl (C=O) groups is 2. The minimum Gasteiger partial charge on any atom is -0.380 e. The second-order valence-electron chi connectivity index (χ2n) is 4.60. The first kappa shape index (κ1) is 14.8. The molecule has 8 nitrogen and oxygen atoms in total. The van der Waals surface area contributed by atoms with Gasteiger partial charge in [-0.3, -0.25) is 19.7 Å². The van der Waals surface area contributed by atoms with Gasteiger partial charge in [0.1, 0.15) is 5.69 Å². The molecular formula is C13H16N4O4. The van der Waals surface area contributed by atoms with Crippen LogP contribution in [0.25, 0.3) is 0 Å². The Bertz CT molecular complexity index is 588. The minimum absolute atomic E-state index is 0.0262. The maximum absolute atomic E-state index is 12.3. The number of hydrogen-bond donors (Lipinski definition) is 2. The quantitative estimate of drug-likeness (QED) is 0.624. The van der Waals surface area contributed by atoms with Gasteiger partial charge in [-0.25, -0.2) is 0 Å². The van der Waals surface area contributed by atoms with Crippen molar-refractivity contribution in [2.75, 3.05) is 31.5 Å². The molecular weight excluding hydrogens is 276 g/mol. The van der Waals surface area contributed by atoms with Crippen molar-refractivity contribution >= 4 is 23.2 Å². The lowest BCUT2D eigenvalue weighted by atomic mass is 10.1. The Hall–Kier alpha value is -2.64. The molecule has 1 heterocycles. The largest absolute Gasteiger partial charge is 0.380 e. The third kappa shape index (κ3) is 3.28. The molecule has 2 rings (SSSR count). The molecule has 1 fully saturated rings. The molecule has 0 atom stereocenters. The summed E-state index contributed by atoms with van der Waals surface area (Å²) in [6.07, 6.45) is 0. The summed E-state index contributed by atoms with van der Waals surface area (Å²) in [5.74, 6) is -0.607. The van der Waals surface area contributed by atoms with Gasteiger partial charge in [-0.2, -0.15) is 0 Å². The summed E-state index contributed by atoms with van der Waals surface area (Å²) in [6.45, 7) is 3.13. The third-order valence-corrected chi connectivity index (χ3v) is 3.13. The van der Waals surface area contributed by atoms with E-state index in [1.165, 1.54) is 23.1 Å². The van der Waals surface area contributed by atoms with Gasteiger partial charge in [-0.05, 0) is 19.1 Å². The van der Waals surface area contributed by atoms with Crippen molar-refractivity contribution in [1.82, 2.24) is 10.2 Å². The van der Waals surface area contributed by atoms with Crippen LogP contribution in [0.1, 0.15) is 17.3 Å². The maximum Gasteiger partial charge on any atom is 0.293 e. The van der Waals surface area contributed by atoms with Crippen molar-refractivity contribution in [1.29, 1.82) is 0 Å². The molecule has 0 aliphatic carbocycles. The van der Waals surface area contributed by atoms with Gasteiger partial charge in [0.05, 0.1) is 11.5 Å². The van der Waals surface area contributed by atoms with Crippen molar-refractivity contribution in [2.24, 2.45) is 0 Å². The summed E-state index contributed by atoms with van der Waals surface area (Å²) >= 11 is 0. The molecule has 8 heteroatoms. The van der Waals surface area contributed by atoms with Crippen LogP contribution in [0.2, 0.25) is 0 Å². The zero-order valence-electron chi connectivity index (χ0n) is 11.6. The highest BCUT2D eigenvalue weighted by atomic mass is 16.6. The molecule has 21 heavy (non-hydrogen) atoms. The Kier molecular flexibility index (Phi) is 4.36. The zero-order valence-corrected chi connectivity index (χ0v) is 11.6. The van der Waals surface area contributed by atoms with E-state index in [1.54, 1.807) is 0 Å². The number of anilines is 1. The van der Waals surface area contributed by atoms with E-state index >= 15 is 0 Å². The lowest BCUT2D eigenvalue weighted by molar-refractivity contribution is -0.384. The van der Waals surface area contributed by atoms with Crippen molar-refractivity contribution < 1.29 is 14.5 Å². The Morgan fingerprint density at radius 2 is 2.29 bits per heavy atom. The van der Waals surface area contributed by atoms with E-state index < -0.39 is 4.92 Å². The number of benzene rings is 1. The fourth-order valence-electron chi connectivity index (χ4n) is 2.15. The van der Waals surface area contributed by atoms with E-state index in [2.05, 4.69) is 10.6 Å². The molecule has 1 aliphatic heterocycles. The first-order valence-corrected chi connectivity index (χ1v) is 6.61. The lowest BCUT2D eigenvalue weighted by Crippen LogP contribution is -2.49. The van der Waals surface area contributed by atoms with Crippen LogP contribution in [0.5, 0.6) is 0 Å². The van der Waals surface area contributed by atoms with Crippen molar-refractivity contribution in [3.8, 4) is 0 Å². The molecule has 1 aromatic rings. The summed E-state index contributed by atoms with van der Waals surface area (Å²) in [5.41, 5.74) is 0.428. The normalized spacial score (nSPS) is 14.5. The van der Waals surface area contributed by atoms with Crippen LogP contribution in [0, 0.1) is 10.1 Å². The standard InChI is InChI=1S/C13H16N4O4/c1-2-14-10-4-3-9(7-11(10)17(20)21)13(19)16-6-5-15-12(18)8-16/h3-4,7,14H,2,5-6,8H2,1H3,(H,15,18). The molecule has 1 aliphatic rings. The van der Waals surface area contributed by atoms with Gasteiger partial charge < -0.3 is 15.5 Å². The van der Waals surface area contributed by atoms with Gasteiger partial charge in [0.25, 0.3) is 11.6 Å². The molecule has 0 bridgehead atoms. The average Bonchev–Trinajstić information content (AvgIpc) is 2.47. The molecule has 112 valence electrons. The van der Waals surface area contributed by atoms with Gasteiger partial charge in [0.15, 0.2) is 0 Å². The van der Waals surface area contributed by atoms with E-state index in [0.717, 1.165) is 0 Å². The monoisotopic (exact) mass is 292 g/mol. The fraction of sp³-hybridized carbons (Fsp3) is 0.385. The van der Waals surface area contributed by atoms with E-state index in [1.807, 2.05) is 6.92 Å². The second kappa shape index (κ2) is 6.21. The number of hydrogen-bond acceptors (Lipinski definition) is 5. The van der Waals surface area contributed by atoms with Crippen LogP contribution < -0.4 is 10.6 Å². The number of amides is 2. The number of nitro benzene ring substituents is 1. The Morgan fingerprint density at radius 1 is 1.52 bits per heavy atom. The van der Waals surface area contributed by atoms with Crippen LogP contribution in [-0.4, -0.2) is 47.8 Å². The zero-order chi connectivity index (χ0) is 15.4. The highest BCUT2D eigenvalue weighted by Crippen LogP contribution is 2.26. The lowest BCUT2D eigenvalue weighted by Gasteiger charge is -2.26. The van der Waals surface area contributed by atoms with Crippen LogP contribution >= 0.6 is 0 Å². The number of carbonyl (C=O) groups excluding carboxylic acids is 2. The average molecular weight is 292 g/mol. The van der Waals surface area contributed by atoms with Gasteiger partial charge in [0, 0.05) is 31.3 Å². The summed E-state index contributed by atoms with van der Waals surface area (Å²) in [6, 6.07) is 4.28. The van der Waals surface area contributed by atoms with Gasteiger partial charge in [-0.1, -0.05) is 0 Å². The van der Waals surface area contributed by atoms with Crippen LogP contribution in [0.15, 0.2) is 18.2 Å². The minimum atomic E-state index is -0.530. The molecule has 1 aromatic carbocycles. The van der Waals surface area contributed by atoms with Gasteiger partial charge >= 0.3 is 0 Å². The number of nitrogens with zero attached hydrogens (tertiary/aromatic N) is 2. The first-order valence-electron chi connectivity index (χ1n) is 6.61. The molecule has 0 spiro atoms. The van der Waals surface area contributed by atoms with Crippen LogP contribution in [0.3, 0.4) is 0 Å². The van der Waals surface area contributed by atoms with Crippen molar-refractivity contribution in [3.05, 3.63) is 33.9 Å². The first-order chi connectivity index (χ1) is 10.0. The number of piperazine rings is 1. The molecule has 0 radical (unpaired) electrons. The Balaban J connectivity index is 2.27. The molecule has 0 aromatic heterocycles. The van der Waals surface area contributed by atoms with Crippen LogP contribution in [-0.2, 0) is 4.79 Å². The molecule has 1 saturated heterocycles. The summed E-state index contributed by atoms with van der Waals surface area (Å²) < 4.78 is 0. The number of rotatable bonds is 4.